The van der Waals surface area contributed by atoms with Gasteiger partial charge in [0.15, 0.2) is 0 Å². The van der Waals surface area contributed by atoms with Crippen molar-refractivity contribution in [3.05, 3.63) is 23.7 Å². The van der Waals surface area contributed by atoms with Crippen LogP contribution in [0, 0.1) is 12.3 Å². The second-order valence-corrected chi connectivity index (χ2v) is 3.96. The third-order valence-corrected chi connectivity index (χ3v) is 2.52. The van der Waals surface area contributed by atoms with Gasteiger partial charge in [0.2, 0.25) is 5.76 Å². The smallest absolute Gasteiger partial charge is 0.371 e. The monoisotopic (exact) mass is 212 g/mol. The molecule has 1 atom stereocenters. The molecular formula is C9H8O4S. The summed E-state index contributed by atoms with van der Waals surface area (Å²) in [6.45, 7) is 0. The summed E-state index contributed by atoms with van der Waals surface area (Å²) in [4.78, 5) is 10.4. The number of rotatable bonds is 4. The first-order valence-corrected chi connectivity index (χ1v) is 5.22. The lowest BCUT2D eigenvalue weighted by Gasteiger charge is -1.93. The molecule has 0 bridgehead atoms. The Kier molecular flexibility index (Phi) is 3.48. The van der Waals surface area contributed by atoms with Gasteiger partial charge in [-0.25, -0.2) is 4.79 Å². The van der Waals surface area contributed by atoms with Crippen molar-refractivity contribution in [3.63, 3.8) is 0 Å². The fourth-order valence-corrected chi connectivity index (χ4v) is 1.63. The summed E-state index contributed by atoms with van der Waals surface area (Å²) < 4.78 is 16.1. The van der Waals surface area contributed by atoms with E-state index in [0.29, 0.717) is 5.76 Å². The number of hydrogen-bond acceptors (Lipinski definition) is 3. The van der Waals surface area contributed by atoms with Crippen LogP contribution in [0.4, 0.5) is 0 Å². The largest absolute Gasteiger partial charge is 0.475 e. The number of carbonyl (C=O) groups is 1. The third-order valence-electron chi connectivity index (χ3n) is 1.42. The highest BCUT2D eigenvalue weighted by Crippen LogP contribution is 2.09. The topological polar surface area (TPSA) is 67.5 Å². The maximum atomic E-state index is 11.2. The SMILES string of the molecule is C#CCS(=O)Cc1ccc(C(=O)O)o1. The van der Waals surface area contributed by atoms with E-state index in [1.165, 1.54) is 12.1 Å². The Bertz CT molecular complexity index is 399. The zero-order chi connectivity index (χ0) is 10.6. The van der Waals surface area contributed by atoms with E-state index in [0.717, 1.165) is 0 Å². The van der Waals surface area contributed by atoms with Crippen LogP contribution in [0.25, 0.3) is 0 Å². The molecule has 0 radical (unpaired) electrons. The molecule has 0 aliphatic rings. The van der Waals surface area contributed by atoms with Crippen molar-refractivity contribution in [2.24, 2.45) is 0 Å². The van der Waals surface area contributed by atoms with Gasteiger partial charge < -0.3 is 9.52 Å². The maximum absolute atomic E-state index is 11.2. The van der Waals surface area contributed by atoms with Gasteiger partial charge in [0, 0.05) is 10.8 Å². The Morgan fingerprint density at radius 2 is 2.36 bits per heavy atom. The summed E-state index contributed by atoms with van der Waals surface area (Å²) in [6.07, 6.45) is 4.97. The molecule has 0 amide bonds. The second-order valence-electron chi connectivity index (χ2n) is 2.50. The zero-order valence-electron chi connectivity index (χ0n) is 7.23. The van der Waals surface area contributed by atoms with Crippen LogP contribution in [0.1, 0.15) is 16.3 Å². The molecule has 0 aliphatic carbocycles. The predicted molar refractivity (Wildman–Crippen MR) is 51.2 cm³/mol. The molecule has 0 spiro atoms. The van der Waals surface area contributed by atoms with Gasteiger partial charge in [-0.2, -0.15) is 0 Å². The number of carboxylic acid groups (broad SMARTS) is 1. The highest BCUT2D eigenvalue weighted by molar-refractivity contribution is 7.84. The van der Waals surface area contributed by atoms with Crippen molar-refractivity contribution in [3.8, 4) is 12.3 Å². The predicted octanol–water partition coefficient (Wildman–Crippen LogP) is 0.860. The van der Waals surface area contributed by atoms with Crippen LogP contribution in [0.15, 0.2) is 16.5 Å². The Morgan fingerprint density at radius 1 is 1.64 bits per heavy atom. The van der Waals surface area contributed by atoms with E-state index < -0.39 is 16.8 Å². The minimum atomic E-state index is -1.19. The molecule has 5 heteroatoms. The number of carboxylic acids is 1. The average Bonchev–Trinajstić information content (AvgIpc) is 2.53. The zero-order valence-corrected chi connectivity index (χ0v) is 8.04. The van der Waals surface area contributed by atoms with Crippen LogP contribution in [-0.4, -0.2) is 21.0 Å². The molecule has 0 aliphatic heterocycles. The van der Waals surface area contributed by atoms with Crippen LogP contribution in [0.3, 0.4) is 0 Å². The van der Waals surface area contributed by atoms with E-state index in [9.17, 15) is 9.00 Å². The normalized spacial score (nSPS) is 11.9. The third kappa shape index (κ3) is 2.75. The first-order chi connectivity index (χ1) is 6.63. The van der Waals surface area contributed by atoms with Crippen molar-refractivity contribution in [1.29, 1.82) is 0 Å². The number of furan rings is 1. The Hall–Kier alpha value is -1.54. The van der Waals surface area contributed by atoms with Gasteiger partial charge in [0.1, 0.15) is 5.76 Å². The second kappa shape index (κ2) is 4.63. The van der Waals surface area contributed by atoms with Crippen LogP contribution < -0.4 is 0 Å². The highest BCUT2D eigenvalue weighted by atomic mass is 32.2. The molecule has 14 heavy (non-hydrogen) atoms. The van der Waals surface area contributed by atoms with E-state index in [1.807, 2.05) is 0 Å². The first kappa shape index (κ1) is 10.5. The summed E-state index contributed by atoms with van der Waals surface area (Å²) in [5, 5.41) is 8.53. The van der Waals surface area contributed by atoms with Gasteiger partial charge in [-0.15, -0.1) is 6.42 Å². The molecule has 4 nitrogen and oxygen atoms in total. The summed E-state index contributed by atoms with van der Waals surface area (Å²) in [5.74, 6) is 1.63. The van der Waals surface area contributed by atoms with Gasteiger partial charge in [0.25, 0.3) is 0 Å². The van der Waals surface area contributed by atoms with Crippen molar-refractivity contribution < 1.29 is 18.5 Å². The highest BCUT2D eigenvalue weighted by Gasteiger charge is 2.10. The maximum Gasteiger partial charge on any atom is 0.371 e. The standard InChI is InChI=1S/C9H8O4S/c1-2-5-14(12)6-7-3-4-8(13-7)9(10)11/h1,3-4H,5-6H2,(H,10,11). The van der Waals surface area contributed by atoms with E-state index in [4.69, 9.17) is 15.9 Å². The molecule has 0 aromatic carbocycles. The van der Waals surface area contributed by atoms with Crippen molar-refractivity contribution in [1.82, 2.24) is 0 Å². The minimum Gasteiger partial charge on any atom is -0.475 e. The lowest BCUT2D eigenvalue weighted by molar-refractivity contribution is 0.0661. The molecule has 0 saturated heterocycles. The summed E-state index contributed by atoms with van der Waals surface area (Å²) >= 11 is 0. The average molecular weight is 212 g/mol. The summed E-state index contributed by atoms with van der Waals surface area (Å²) in [7, 11) is -1.19. The van der Waals surface area contributed by atoms with Crippen LogP contribution in [0.5, 0.6) is 0 Å². The molecule has 1 rings (SSSR count). The van der Waals surface area contributed by atoms with Crippen LogP contribution >= 0.6 is 0 Å². The van der Waals surface area contributed by atoms with Gasteiger partial charge in [-0.3, -0.25) is 4.21 Å². The number of aromatic carboxylic acids is 1. The van der Waals surface area contributed by atoms with Crippen molar-refractivity contribution >= 4 is 16.8 Å². The van der Waals surface area contributed by atoms with E-state index >= 15 is 0 Å². The quantitative estimate of drug-likeness (QED) is 0.751. The Labute approximate surface area is 83.4 Å². The Balaban J connectivity index is 2.65. The lowest BCUT2D eigenvalue weighted by atomic mass is 10.4. The van der Waals surface area contributed by atoms with Crippen LogP contribution in [0.2, 0.25) is 0 Å². The molecule has 1 aromatic heterocycles. The minimum absolute atomic E-state index is 0.142. The van der Waals surface area contributed by atoms with Crippen molar-refractivity contribution in [2.75, 3.05) is 5.75 Å². The molecule has 1 unspecified atom stereocenters. The van der Waals surface area contributed by atoms with Gasteiger partial charge in [-0.05, 0) is 12.1 Å². The molecular weight excluding hydrogens is 204 g/mol. The molecule has 74 valence electrons. The number of terminal acetylenes is 1. The van der Waals surface area contributed by atoms with Crippen molar-refractivity contribution in [2.45, 2.75) is 5.75 Å². The Morgan fingerprint density at radius 3 is 2.86 bits per heavy atom. The molecule has 1 N–H and O–H groups in total. The van der Waals surface area contributed by atoms with Gasteiger partial charge >= 0.3 is 5.97 Å². The van der Waals surface area contributed by atoms with Crippen LogP contribution in [-0.2, 0) is 16.6 Å². The molecule has 1 aromatic rings. The van der Waals surface area contributed by atoms with E-state index in [1.54, 1.807) is 0 Å². The van der Waals surface area contributed by atoms with Gasteiger partial charge in [0.05, 0.1) is 11.5 Å². The fourth-order valence-electron chi connectivity index (χ4n) is 0.873. The number of hydrogen-bond donors (Lipinski definition) is 1. The lowest BCUT2D eigenvalue weighted by Crippen LogP contribution is -1.98. The van der Waals surface area contributed by atoms with Gasteiger partial charge in [-0.1, -0.05) is 5.92 Å². The molecule has 0 saturated carbocycles. The van der Waals surface area contributed by atoms with E-state index in [-0.39, 0.29) is 17.3 Å². The summed E-state index contributed by atoms with van der Waals surface area (Å²) in [5.41, 5.74) is 0. The molecule has 0 fully saturated rings. The van der Waals surface area contributed by atoms with E-state index in [2.05, 4.69) is 5.92 Å². The summed E-state index contributed by atoms with van der Waals surface area (Å²) in [6, 6.07) is 2.81. The fraction of sp³-hybridized carbons (Fsp3) is 0.222. The first-order valence-electron chi connectivity index (χ1n) is 3.74. The molecule has 1 heterocycles.